The Hall–Kier alpha value is -3.03. The normalized spacial score (nSPS) is 15.1. The number of nitrogens with zero attached hydrogens (tertiary/aromatic N) is 1. The van der Waals surface area contributed by atoms with E-state index in [9.17, 15) is 22.8 Å². The lowest BCUT2D eigenvalue weighted by Gasteiger charge is -2.31. The third-order valence-corrected chi connectivity index (χ3v) is 4.92. The Morgan fingerprint density at radius 1 is 0.966 bits per heavy atom. The topological polar surface area (TPSA) is 61.4 Å². The van der Waals surface area contributed by atoms with E-state index in [0.29, 0.717) is 31.5 Å². The van der Waals surface area contributed by atoms with Gasteiger partial charge in [-0.25, -0.2) is 4.79 Å². The number of carbonyl (C=O) groups excluding carboxylic acids is 2. The van der Waals surface area contributed by atoms with Gasteiger partial charge in [0.05, 0.1) is 5.56 Å². The maximum atomic E-state index is 12.6. The van der Waals surface area contributed by atoms with Crippen LogP contribution in [0.2, 0.25) is 0 Å². The number of amides is 3. The summed E-state index contributed by atoms with van der Waals surface area (Å²) in [6.07, 6.45) is -3.25. The predicted molar refractivity (Wildman–Crippen MR) is 103 cm³/mol. The molecule has 0 radical (unpaired) electrons. The van der Waals surface area contributed by atoms with Crippen molar-refractivity contribution in [1.29, 1.82) is 0 Å². The van der Waals surface area contributed by atoms with Crippen molar-refractivity contribution in [2.45, 2.75) is 25.6 Å². The quantitative estimate of drug-likeness (QED) is 0.798. The summed E-state index contributed by atoms with van der Waals surface area (Å²) >= 11 is 0. The van der Waals surface area contributed by atoms with E-state index in [1.165, 1.54) is 12.1 Å². The van der Waals surface area contributed by atoms with Crippen LogP contribution < -0.4 is 10.6 Å². The molecule has 2 aromatic rings. The Morgan fingerprint density at radius 2 is 1.59 bits per heavy atom. The Morgan fingerprint density at radius 3 is 2.17 bits per heavy atom. The summed E-state index contributed by atoms with van der Waals surface area (Å²) in [6, 6.07) is 13.6. The molecule has 1 fully saturated rings. The van der Waals surface area contributed by atoms with Crippen molar-refractivity contribution in [1.82, 2.24) is 10.2 Å². The Labute approximate surface area is 166 Å². The van der Waals surface area contributed by atoms with E-state index in [4.69, 9.17) is 0 Å². The molecule has 0 bridgehead atoms. The van der Waals surface area contributed by atoms with Crippen LogP contribution in [0, 0.1) is 5.92 Å². The number of likely N-dealkylation sites (tertiary alicyclic amines) is 1. The summed E-state index contributed by atoms with van der Waals surface area (Å²) in [6.45, 7) is 1.04. The van der Waals surface area contributed by atoms with Gasteiger partial charge in [0.2, 0.25) is 5.91 Å². The minimum atomic E-state index is -4.38. The van der Waals surface area contributed by atoms with Gasteiger partial charge in [0, 0.05) is 31.2 Å². The van der Waals surface area contributed by atoms with Crippen LogP contribution in [0.3, 0.4) is 0 Å². The number of para-hydroxylation sites is 1. The Kier molecular flexibility index (Phi) is 6.41. The van der Waals surface area contributed by atoms with Crippen LogP contribution in [-0.2, 0) is 17.5 Å². The molecule has 1 aliphatic heterocycles. The minimum Gasteiger partial charge on any atom is -0.334 e. The summed E-state index contributed by atoms with van der Waals surface area (Å²) in [7, 11) is 0. The fourth-order valence-corrected chi connectivity index (χ4v) is 3.21. The third kappa shape index (κ3) is 5.73. The van der Waals surface area contributed by atoms with Crippen LogP contribution in [0.1, 0.15) is 24.0 Å². The van der Waals surface area contributed by atoms with Crippen molar-refractivity contribution in [3.63, 3.8) is 0 Å². The molecule has 29 heavy (non-hydrogen) atoms. The third-order valence-electron chi connectivity index (χ3n) is 4.92. The molecule has 0 saturated carbocycles. The zero-order valence-corrected chi connectivity index (χ0v) is 15.7. The first-order chi connectivity index (χ1) is 13.8. The number of piperidine rings is 1. The van der Waals surface area contributed by atoms with Crippen molar-refractivity contribution in [2.75, 3.05) is 18.4 Å². The number of nitrogens with one attached hydrogen (secondary N) is 2. The van der Waals surface area contributed by atoms with E-state index >= 15 is 0 Å². The van der Waals surface area contributed by atoms with Gasteiger partial charge < -0.3 is 15.5 Å². The van der Waals surface area contributed by atoms with Crippen LogP contribution in [0.4, 0.5) is 23.7 Å². The molecule has 2 N–H and O–H groups in total. The molecule has 0 aromatic heterocycles. The highest BCUT2D eigenvalue weighted by molar-refractivity contribution is 5.92. The van der Waals surface area contributed by atoms with E-state index in [1.54, 1.807) is 4.90 Å². The molecule has 1 heterocycles. The minimum absolute atomic E-state index is 0.0546. The zero-order valence-electron chi connectivity index (χ0n) is 15.7. The standard InChI is InChI=1S/C21H22F3N3O2/c22-21(23,24)17-8-6-15(7-9-17)14-25-20(29)27-12-10-16(11-13-27)19(28)26-18-4-2-1-3-5-18/h1-9,16H,10-14H2,(H,25,29)(H,26,28). The highest BCUT2D eigenvalue weighted by atomic mass is 19.4. The van der Waals surface area contributed by atoms with Gasteiger partial charge >= 0.3 is 12.2 Å². The summed E-state index contributed by atoms with van der Waals surface area (Å²) in [4.78, 5) is 26.3. The Balaban J connectivity index is 1.43. The molecule has 2 aromatic carbocycles. The van der Waals surface area contributed by atoms with Gasteiger partial charge in [-0.2, -0.15) is 13.2 Å². The van der Waals surface area contributed by atoms with Crippen molar-refractivity contribution < 1.29 is 22.8 Å². The molecule has 0 atom stereocenters. The van der Waals surface area contributed by atoms with E-state index in [2.05, 4.69) is 10.6 Å². The van der Waals surface area contributed by atoms with Crippen LogP contribution in [0.5, 0.6) is 0 Å². The summed E-state index contributed by atoms with van der Waals surface area (Å²) in [5, 5.41) is 5.60. The number of halogens is 3. The van der Waals surface area contributed by atoms with Crippen molar-refractivity contribution in [3.8, 4) is 0 Å². The van der Waals surface area contributed by atoms with E-state index < -0.39 is 11.7 Å². The van der Waals surface area contributed by atoms with Crippen LogP contribution in [0.15, 0.2) is 54.6 Å². The van der Waals surface area contributed by atoms with Gasteiger partial charge in [0.15, 0.2) is 0 Å². The predicted octanol–water partition coefficient (Wildman–Crippen LogP) is 4.27. The second-order valence-corrected chi connectivity index (χ2v) is 6.97. The molecule has 3 amide bonds. The largest absolute Gasteiger partial charge is 0.416 e. The molecule has 154 valence electrons. The zero-order chi connectivity index (χ0) is 20.9. The SMILES string of the molecule is O=C(Nc1ccccc1)C1CCN(C(=O)NCc2ccc(C(F)(F)F)cc2)CC1. The maximum Gasteiger partial charge on any atom is 0.416 e. The van der Waals surface area contributed by atoms with Gasteiger partial charge in [-0.05, 0) is 42.7 Å². The molecular weight excluding hydrogens is 383 g/mol. The number of anilines is 1. The van der Waals surface area contributed by atoms with E-state index in [0.717, 1.165) is 17.8 Å². The van der Waals surface area contributed by atoms with Crippen LogP contribution in [0.25, 0.3) is 0 Å². The first kappa shape index (κ1) is 20.7. The van der Waals surface area contributed by atoms with Crippen molar-refractivity contribution in [2.24, 2.45) is 5.92 Å². The molecule has 0 aliphatic carbocycles. The molecule has 0 spiro atoms. The number of hydrogen-bond donors (Lipinski definition) is 2. The van der Waals surface area contributed by atoms with E-state index in [-0.39, 0.29) is 24.4 Å². The van der Waals surface area contributed by atoms with Crippen LogP contribution in [-0.4, -0.2) is 29.9 Å². The number of hydrogen-bond acceptors (Lipinski definition) is 2. The van der Waals surface area contributed by atoms with Gasteiger partial charge in [0.25, 0.3) is 0 Å². The Bertz CT molecular complexity index is 830. The van der Waals surface area contributed by atoms with E-state index in [1.807, 2.05) is 30.3 Å². The number of rotatable bonds is 4. The monoisotopic (exact) mass is 405 g/mol. The number of alkyl halides is 3. The average Bonchev–Trinajstić information content (AvgIpc) is 2.72. The fraction of sp³-hybridized carbons (Fsp3) is 0.333. The fourth-order valence-electron chi connectivity index (χ4n) is 3.21. The molecule has 3 rings (SSSR count). The first-order valence-electron chi connectivity index (χ1n) is 9.38. The number of carbonyl (C=O) groups is 2. The summed E-state index contributed by atoms with van der Waals surface area (Å²) < 4.78 is 37.7. The van der Waals surface area contributed by atoms with Crippen molar-refractivity contribution in [3.05, 3.63) is 65.7 Å². The van der Waals surface area contributed by atoms with Crippen molar-refractivity contribution >= 4 is 17.6 Å². The van der Waals surface area contributed by atoms with Gasteiger partial charge in [-0.3, -0.25) is 4.79 Å². The lowest BCUT2D eigenvalue weighted by molar-refractivity contribution is -0.137. The first-order valence-corrected chi connectivity index (χ1v) is 9.38. The maximum absolute atomic E-state index is 12.6. The summed E-state index contributed by atoms with van der Waals surface area (Å²) in [5.41, 5.74) is 0.612. The highest BCUT2D eigenvalue weighted by Gasteiger charge is 2.30. The molecule has 1 saturated heterocycles. The number of urea groups is 1. The molecule has 8 heteroatoms. The highest BCUT2D eigenvalue weighted by Crippen LogP contribution is 2.29. The molecule has 1 aliphatic rings. The molecule has 0 unspecified atom stereocenters. The van der Waals surface area contributed by atoms with Gasteiger partial charge in [-0.1, -0.05) is 30.3 Å². The summed E-state index contributed by atoms with van der Waals surface area (Å²) in [5.74, 6) is -0.213. The second kappa shape index (κ2) is 8.98. The smallest absolute Gasteiger partial charge is 0.334 e. The lowest BCUT2D eigenvalue weighted by atomic mass is 9.96. The van der Waals surface area contributed by atoms with Gasteiger partial charge in [-0.15, -0.1) is 0 Å². The molecular formula is C21H22F3N3O2. The van der Waals surface area contributed by atoms with Crippen LogP contribution >= 0.6 is 0 Å². The number of benzene rings is 2. The molecule has 5 nitrogen and oxygen atoms in total. The average molecular weight is 405 g/mol. The second-order valence-electron chi connectivity index (χ2n) is 6.97. The lowest BCUT2D eigenvalue weighted by Crippen LogP contribution is -2.45. The van der Waals surface area contributed by atoms with Gasteiger partial charge in [0.1, 0.15) is 0 Å².